The second-order valence-corrected chi connectivity index (χ2v) is 7.38. The van der Waals surface area contributed by atoms with E-state index < -0.39 is 0 Å². The van der Waals surface area contributed by atoms with E-state index in [1.165, 1.54) is 0 Å². The Morgan fingerprint density at radius 3 is 2.75 bits per heavy atom. The average molecular weight is 331 g/mol. The molecule has 1 N–H and O–H groups in total. The highest BCUT2D eigenvalue weighted by atomic mass is 16.5. The second kappa shape index (κ2) is 6.05. The zero-order valence-electron chi connectivity index (χ0n) is 15.0. The fourth-order valence-electron chi connectivity index (χ4n) is 2.90. The van der Waals surface area contributed by atoms with Crippen LogP contribution < -0.4 is 0 Å². The first-order valence-corrected chi connectivity index (χ1v) is 8.22. The summed E-state index contributed by atoms with van der Waals surface area (Å²) in [5, 5.41) is 7.18. The number of imidazole rings is 1. The molecule has 0 aromatic carbocycles. The minimum atomic E-state index is -0.206. The number of amides is 1. The van der Waals surface area contributed by atoms with Gasteiger partial charge >= 0.3 is 0 Å². The van der Waals surface area contributed by atoms with Crippen LogP contribution in [0.4, 0.5) is 0 Å². The van der Waals surface area contributed by atoms with Crippen LogP contribution in [0.25, 0.3) is 0 Å². The number of carbonyl (C=O) groups excluding carboxylic acids is 1. The zero-order chi connectivity index (χ0) is 17.5. The van der Waals surface area contributed by atoms with Crippen molar-refractivity contribution in [2.24, 2.45) is 7.05 Å². The Kier molecular flexibility index (Phi) is 4.21. The van der Waals surface area contributed by atoms with Gasteiger partial charge in [-0.2, -0.15) is 5.10 Å². The molecule has 130 valence electrons. The lowest BCUT2D eigenvalue weighted by atomic mass is 9.92. The molecule has 3 heterocycles. The van der Waals surface area contributed by atoms with E-state index in [1.54, 1.807) is 4.90 Å². The van der Waals surface area contributed by atoms with Gasteiger partial charge in [0.05, 0.1) is 18.8 Å². The molecule has 0 bridgehead atoms. The second-order valence-electron chi connectivity index (χ2n) is 7.38. The topological polar surface area (TPSA) is 76.0 Å². The fourth-order valence-corrected chi connectivity index (χ4v) is 2.90. The monoisotopic (exact) mass is 331 g/mol. The number of carbonyl (C=O) groups is 1. The molecule has 0 radical (unpaired) electrons. The molecule has 1 aliphatic rings. The van der Waals surface area contributed by atoms with Crippen molar-refractivity contribution in [1.29, 1.82) is 0 Å². The lowest BCUT2D eigenvalue weighted by molar-refractivity contribution is -0.0281. The van der Waals surface area contributed by atoms with Crippen LogP contribution in [-0.2, 0) is 17.2 Å². The van der Waals surface area contributed by atoms with Crippen molar-refractivity contribution in [3.8, 4) is 0 Å². The van der Waals surface area contributed by atoms with E-state index in [0.29, 0.717) is 25.4 Å². The molecule has 7 nitrogen and oxygen atoms in total. The van der Waals surface area contributed by atoms with Gasteiger partial charge < -0.3 is 14.2 Å². The van der Waals surface area contributed by atoms with E-state index in [4.69, 9.17) is 4.74 Å². The van der Waals surface area contributed by atoms with Crippen LogP contribution in [0, 0.1) is 6.92 Å². The van der Waals surface area contributed by atoms with Crippen molar-refractivity contribution in [2.75, 3.05) is 19.7 Å². The molecular weight excluding hydrogens is 306 g/mol. The maximum Gasteiger partial charge on any atom is 0.274 e. The number of hydrogen-bond donors (Lipinski definition) is 1. The molecule has 2 aromatic rings. The number of nitrogens with one attached hydrogen (secondary N) is 1. The van der Waals surface area contributed by atoms with E-state index in [9.17, 15) is 4.79 Å². The first-order valence-electron chi connectivity index (χ1n) is 8.22. The van der Waals surface area contributed by atoms with Crippen LogP contribution in [-0.4, -0.2) is 50.3 Å². The summed E-state index contributed by atoms with van der Waals surface area (Å²) in [4.78, 5) is 19.1. The molecule has 1 aliphatic heterocycles. The molecule has 1 atom stereocenters. The Bertz CT molecular complexity index is 740. The van der Waals surface area contributed by atoms with Crippen LogP contribution >= 0.6 is 0 Å². The van der Waals surface area contributed by atoms with Crippen molar-refractivity contribution < 1.29 is 9.53 Å². The molecule has 0 spiro atoms. The third-order valence-corrected chi connectivity index (χ3v) is 4.28. The maximum atomic E-state index is 12.8. The quantitative estimate of drug-likeness (QED) is 0.913. The summed E-state index contributed by atoms with van der Waals surface area (Å²) in [5.74, 6) is 0.781. The number of H-pyrrole nitrogens is 1. The largest absolute Gasteiger partial charge is 0.367 e. The third-order valence-electron chi connectivity index (χ3n) is 4.28. The van der Waals surface area contributed by atoms with Crippen molar-refractivity contribution in [3.05, 3.63) is 35.2 Å². The van der Waals surface area contributed by atoms with Crippen LogP contribution in [0.2, 0.25) is 0 Å². The number of nitrogens with zero attached hydrogens (tertiary/aromatic N) is 4. The summed E-state index contributed by atoms with van der Waals surface area (Å²) < 4.78 is 7.79. The van der Waals surface area contributed by atoms with Gasteiger partial charge in [-0.15, -0.1) is 0 Å². The highest BCUT2D eigenvalue weighted by molar-refractivity contribution is 5.92. The number of hydrogen-bond acceptors (Lipinski definition) is 4. The minimum absolute atomic E-state index is 0.0659. The number of rotatable bonds is 2. The number of morpholine rings is 1. The normalized spacial score (nSPS) is 18.9. The molecule has 24 heavy (non-hydrogen) atoms. The molecule has 1 amide bonds. The van der Waals surface area contributed by atoms with Gasteiger partial charge in [0.1, 0.15) is 17.6 Å². The average Bonchev–Trinajstić information content (AvgIpc) is 3.13. The molecule has 0 unspecified atom stereocenters. The van der Waals surface area contributed by atoms with E-state index in [1.807, 2.05) is 30.8 Å². The Hall–Kier alpha value is -2.15. The van der Waals surface area contributed by atoms with Gasteiger partial charge in [-0.1, -0.05) is 20.8 Å². The van der Waals surface area contributed by atoms with Crippen molar-refractivity contribution in [2.45, 2.75) is 39.2 Å². The van der Waals surface area contributed by atoms with Gasteiger partial charge in [0.15, 0.2) is 0 Å². The third kappa shape index (κ3) is 3.21. The number of ether oxygens (including phenoxy) is 1. The summed E-state index contributed by atoms with van der Waals surface area (Å²) in [6, 6.07) is 1.84. The number of aryl methyl sites for hydroxylation is 2. The van der Waals surface area contributed by atoms with E-state index in [2.05, 4.69) is 36.0 Å². The first kappa shape index (κ1) is 16.7. The molecule has 1 saturated heterocycles. The van der Waals surface area contributed by atoms with Crippen LogP contribution in [0.5, 0.6) is 0 Å². The highest BCUT2D eigenvalue weighted by Crippen LogP contribution is 2.24. The van der Waals surface area contributed by atoms with Gasteiger partial charge in [-0.25, -0.2) is 4.98 Å². The van der Waals surface area contributed by atoms with Crippen LogP contribution in [0.3, 0.4) is 0 Å². The van der Waals surface area contributed by atoms with Gasteiger partial charge in [0.2, 0.25) is 0 Å². The van der Waals surface area contributed by atoms with Crippen molar-refractivity contribution in [3.63, 3.8) is 0 Å². The van der Waals surface area contributed by atoms with Gasteiger partial charge in [-0.05, 0) is 13.0 Å². The Morgan fingerprint density at radius 2 is 2.17 bits per heavy atom. The van der Waals surface area contributed by atoms with E-state index >= 15 is 0 Å². The summed E-state index contributed by atoms with van der Waals surface area (Å²) in [5.41, 5.74) is 2.29. The molecule has 2 aromatic heterocycles. The first-order chi connectivity index (χ1) is 11.3. The van der Waals surface area contributed by atoms with Gasteiger partial charge in [-0.3, -0.25) is 9.89 Å². The lowest BCUT2D eigenvalue weighted by Crippen LogP contribution is -2.43. The van der Waals surface area contributed by atoms with Crippen LogP contribution in [0.15, 0.2) is 12.3 Å². The summed E-state index contributed by atoms with van der Waals surface area (Å²) in [6.45, 7) is 9.76. The molecule has 0 aliphatic carbocycles. The Labute approximate surface area is 142 Å². The summed E-state index contributed by atoms with van der Waals surface area (Å²) >= 11 is 0. The smallest absolute Gasteiger partial charge is 0.274 e. The molecule has 7 heteroatoms. The highest BCUT2D eigenvalue weighted by Gasteiger charge is 2.30. The summed E-state index contributed by atoms with van der Waals surface area (Å²) in [7, 11) is 1.95. The maximum absolute atomic E-state index is 12.8. The molecule has 0 saturated carbocycles. The number of aromatic nitrogens is 4. The molecular formula is C17H25N5O2. The molecule has 3 rings (SSSR count). The SMILES string of the molecule is Cc1cn(C)c([C@@H]2CN(C(=O)c3cc(C(C)(C)C)[nH]n3)CCO2)n1. The van der Waals surface area contributed by atoms with Gasteiger partial charge in [0, 0.05) is 30.9 Å². The number of aromatic amines is 1. The Morgan fingerprint density at radius 1 is 1.42 bits per heavy atom. The van der Waals surface area contributed by atoms with Crippen LogP contribution in [0.1, 0.15) is 54.6 Å². The zero-order valence-corrected chi connectivity index (χ0v) is 15.0. The predicted molar refractivity (Wildman–Crippen MR) is 89.8 cm³/mol. The Balaban J connectivity index is 1.76. The van der Waals surface area contributed by atoms with Crippen molar-refractivity contribution in [1.82, 2.24) is 24.6 Å². The minimum Gasteiger partial charge on any atom is -0.367 e. The van der Waals surface area contributed by atoms with Crippen molar-refractivity contribution >= 4 is 5.91 Å². The van der Waals surface area contributed by atoms with E-state index in [0.717, 1.165) is 17.2 Å². The predicted octanol–water partition coefficient (Wildman–Crippen LogP) is 1.96. The lowest BCUT2D eigenvalue weighted by Gasteiger charge is -2.32. The fraction of sp³-hybridized carbons (Fsp3) is 0.588. The molecule has 1 fully saturated rings. The van der Waals surface area contributed by atoms with E-state index in [-0.39, 0.29) is 17.4 Å². The van der Waals surface area contributed by atoms with Gasteiger partial charge in [0.25, 0.3) is 5.91 Å². The standard InChI is InChI=1S/C17H25N5O2/c1-11-9-21(5)15(18-11)13-10-22(6-7-24-13)16(23)12-8-14(20-19-12)17(2,3)4/h8-9,13H,6-7,10H2,1-5H3,(H,19,20)/t13-/m0/s1. The summed E-state index contributed by atoms with van der Waals surface area (Å²) in [6.07, 6.45) is 1.76.